The molecule has 1 atom stereocenters. The fourth-order valence-corrected chi connectivity index (χ4v) is 3.81. The van der Waals surface area contributed by atoms with Gasteiger partial charge in [-0.25, -0.2) is 0 Å². The van der Waals surface area contributed by atoms with Crippen LogP contribution in [-0.4, -0.2) is 41.6 Å². The number of Topliss-reactive ketones (excluding diaryl/α,β-unsaturated/α-hetero) is 1. The molecule has 0 unspecified atom stereocenters. The van der Waals surface area contributed by atoms with E-state index in [0.29, 0.717) is 6.54 Å². The van der Waals surface area contributed by atoms with Crippen molar-refractivity contribution < 1.29 is 14.6 Å². The van der Waals surface area contributed by atoms with Gasteiger partial charge in [-0.05, 0) is 55.8 Å². The standard InChI is InChI=1S/C21H33NO3/c1-15-12-20(25-11-10-23)17(13-18(15)21(3,4)5)14-22-9-7-6-8-19(22)16(2)24/h12-13,19,23H,6-11,14H2,1-5H3/t19-/m0/s1. The summed E-state index contributed by atoms with van der Waals surface area (Å²) < 4.78 is 5.81. The number of ketones is 1. The highest BCUT2D eigenvalue weighted by Gasteiger charge is 2.27. The lowest BCUT2D eigenvalue weighted by molar-refractivity contribution is -0.123. The predicted octanol–water partition coefficient (Wildman–Crippen LogP) is 3.61. The van der Waals surface area contributed by atoms with Crippen molar-refractivity contribution in [2.75, 3.05) is 19.8 Å². The number of benzene rings is 1. The third kappa shape index (κ3) is 5.05. The maximum atomic E-state index is 12.0. The second-order valence-electron chi connectivity index (χ2n) is 8.19. The maximum absolute atomic E-state index is 12.0. The van der Waals surface area contributed by atoms with Crippen molar-refractivity contribution in [2.45, 2.75) is 71.9 Å². The van der Waals surface area contributed by atoms with E-state index in [1.165, 1.54) is 11.1 Å². The van der Waals surface area contributed by atoms with Crippen molar-refractivity contribution >= 4 is 5.78 Å². The summed E-state index contributed by atoms with van der Waals surface area (Å²) in [4.78, 5) is 14.3. The van der Waals surface area contributed by atoms with Crippen LogP contribution in [0.1, 0.15) is 63.6 Å². The third-order valence-corrected chi connectivity index (χ3v) is 5.02. The molecule has 4 nitrogen and oxygen atoms in total. The van der Waals surface area contributed by atoms with Crippen LogP contribution in [0.25, 0.3) is 0 Å². The molecule has 1 heterocycles. The van der Waals surface area contributed by atoms with Gasteiger partial charge in [0.25, 0.3) is 0 Å². The van der Waals surface area contributed by atoms with E-state index in [1.807, 2.05) is 0 Å². The van der Waals surface area contributed by atoms with Gasteiger partial charge in [0.2, 0.25) is 0 Å². The molecule has 4 heteroatoms. The summed E-state index contributed by atoms with van der Waals surface area (Å²) in [6, 6.07) is 4.32. The van der Waals surface area contributed by atoms with Crippen LogP contribution >= 0.6 is 0 Å². The minimum atomic E-state index is -0.000699. The average molecular weight is 347 g/mol. The van der Waals surface area contributed by atoms with E-state index < -0.39 is 0 Å². The van der Waals surface area contributed by atoms with Crippen molar-refractivity contribution in [3.8, 4) is 5.75 Å². The minimum absolute atomic E-state index is 0.000699. The highest BCUT2D eigenvalue weighted by Crippen LogP contribution is 2.33. The smallest absolute Gasteiger partial charge is 0.146 e. The minimum Gasteiger partial charge on any atom is -0.491 e. The Kier molecular flexibility index (Phi) is 6.64. The fourth-order valence-electron chi connectivity index (χ4n) is 3.81. The first-order valence-corrected chi connectivity index (χ1v) is 9.36. The number of likely N-dealkylation sites (tertiary alicyclic amines) is 1. The van der Waals surface area contributed by atoms with Gasteiger partial charge in [-0.2, -0.15) is 0 Å². The Hall–Kier alpha value is -1.39. The van der Waals surface area contributed by atoms with Crippen LogP contribution in [0.4, 0.5) is 0 Å². The number of aryl methyl sites for hydroxylation is 1. The second kappa shape index (κ2) is 8.33. The Labute approximate surface area is 152 Å². The van der Waals surface area contributed by atoms with Crippen LogP contribution in [0, 0.1) is 6.92 Å². The number of nitrogens with zero attached hydrogens (tertiary/aromatic N) is 1. The molecule has 1 saturated heterocycles. The summed E-state index contributed by atoms with van der Waals surface area (Å²) in [6.45, 7) is 12.4. The van der Waals surface area contributed by atoms with Crippen molar-refractivity contribution in [1.29, 1.82) is 0 Å². The number of piperidine rings is 1. The van der Waals surface area contributed by atoms with E-state index in [1.54, 1.807) is 6.92 Å². The zero-order chi connectivity index (χ0) is 18.6. The molecule has 0 spiro atoms. The summed E-state index contributed by atoms with van der Waals surface area (Å²) in [7, 11) is 0. The predicted molar refractivity (Wildman–Crippen MR) is 101 cm³/mol. The lowest BCUT2D eigenvalue weighted by atomic mass is 9.83. The van der Waals surface area contributed by atoms with Gasteiger partial charge < -0.3 is 9.84 Å². The van der Waals surface area contributed by atoms with Gasteiger partial charge in [-0.15, -0.1) is 0 Å². The van der Waals surface area contributed by atoms with Gasteiger partial charge in [0, 0.05) is 12.1 Å². The summed E-state index contributed by atoms with van der Waals surface area (Å²) in [5.74, 6) is 1.08. The number of ether oxygens (including phenoxy) is 1. The van der Waals surface area contributed by atoms with Crippen LogP contribution in [0.3, 0.4) is 0 Å². The van der Waals surface area contributed by atoms with Gasteiger partial charge in [0.05, 0.1) is 12.6 Å². The summed E-state index contributed by atoms with van der Waals surface area (Å²) >= 11 is 0. The number of carbonyl (C=O) groups is 1. The molecule has 1 N–H and O–H groups in total. The van der Waals surface area contributed by atoms with Crippen LogP contribution in [0.2, 0.25) is 0 Å². The lowest BCUT2D eigenvalue weighted by Gasteiger charge is -2.35. The molecular weight excluding hydrogens is 314 g/mol. The first kappa shape index (κ1) is 19.9. The summed E-state index contributed by atoms with van der Waals surface area (Å²) in [5, 5.41) is 9.13. The number of hydrogen-bond acceptors (Lipinski definition) is 4. The monoisotopic (exact) mass is 347 g/mol. The zero-order valence-corrected chi connectivity index (χ0v) is 16.4. The molecule has 2 rings (SSSR count). The van der Waals surface area contributed by atoms with Gasteiger partial charge in [0.1, 0.15) is 18.1 Å². The second-order valence-corrected chi connectivity index (χ2v) is 8.19. The van der Waals surface area contributed by atoms with Gasteiger partial charge in [0.15, 0.2) is 0 Å². The zero-order valence-electron chi connectivity index (χ0n) is 16.4. The molecule has 1 aromatic carbocycles. The Morgan fingerprint density at radius 3 is 2.64 bits per heavy atom. The lowest BCUT2D eigenvalue weighted by Crippen LogP contribution is -2.43. The van der Waals surface area contributed by atoms with E-state index in [-0.39, 0.29) is 30.5 Å². The number of rotatable bonds is 6. The molecule has 0 radical (unpaired) electrons. The van der Waals surface area contributed by atoms with E-state index in [4.69, 9.17) is 9.84 Å². The molecule has 25 heavy (non-hydrogen) atoms. The van der Waals surface area contributed by atoms with Crippen LogP contribution < -0.4 is 4.74 Å². The third-order valence-electron chi connectivity index (χ3n) is 5.02. The van der Waals surface area contributed by atoms with E-state index in [0.717, 1.165) is 37.1 Å². The normalized spacial score (nSPS) is 19.0. The van der Waals surface area contributed by atoms with Crippen molar-refractivity contribution in [3.05, 3.63) is 28.8 Å². The van der Waals surface area contributed by atoms with Crippen molar-refractivity contribution in [3.63, 3.8) is 0 Å². The Bertz CT molecular complexity index is 604. The highest BCUT2D eigenvalue weighted by molar-refractivity contribution is 5.81. The van der Waals surface area contributed by atoms with Crippen molar-refractivity contribution in [2.24, 2.45) is 0 Å². The quantitative estimate of drug-likeness (QED) is 0.854. The summed E-state index contributed by atoms with van der Waals surface area (Å²) in [5.41, 5.74) is 3.66. The largest absolute Gasteiger partial charge is 0.491 e. The van der Waals surface area contributed by atoms with Gasteiger partial charge in [-0.1, -0.05) is 33.3 Å². The molecule has 0 amide bonds. The maximum Gasteiger partial charge on any atom is 0.146 e. The van der Waals surface area contributed by atoms with Crippen LogP contribution in [0.15, 0.2) is 12.1 Å². The topological polar surface area (TPSA) is 49.8 Å². The molecule has 0 saturated carbocycles. The highest BCUT2D eigenvalue weighted by atomic mass is 16.5. The molecular formula is C21H33NO3. The number of hydrogen-bond donors (Lipinski definition) is 1. The summed E-state index contributed by atoms with van der Waals surface area (Å²) in [6.07, 6.45) is 3.20. The van der Waals surface area contributed by atoms with E-state index in [2.05, 4.69) is 44.7 Å². The van der Waals surface area contributed by atoms with Crippen LogP contribution in [0.5, 0.6) is 5.75 Å². The van der Waals surface area contributed by atoms with Gasteiger partial charge in [-0.3, -0.25) is 9.69 Å². The molecule has 1 aromatic rings. The van der Waals surface area contributed by atoms with E-state index >= 15 is 0 Å². The number of aliphatic hydroxyl groups excluding tert-OH is 1. The molecule has 1 fully saturated rings. The molecule has 0 aliphatic carbocycles. The molecule has 0 bridgehead atoms. The Balaban J connectivity index is 2.36. The molecule has 140 valence electrons. The molecule has 0 aromatic heterocycles. The Morgan fingerprint density at radius 1 is 1.32 bits per heavy atom. The van der Waals surface area contributed by atoms with Crippen molar-refractivity contribution in [1.82, 2.24) is 4.90 Å². The Morgan fingerprint density at radius 2 is 2.04 bits per heavy atom. The number of carbonyl (C=O) groups excluding carboxylic acids is 1. The molecule has 1 aliphatic heterocycles. The average Bonchev–Trinajstić information content (AvgIpc) is 2.53. The van der Waals surface area contributed by atoms with E-state index in [9.17, 15) is 4.79 Å². The SMILES string of the molecule is CC(=O)[C@@H]1CCCCN1Cc1cc(C(C)(C)C)c(C)cc1OCCO. The molecule has 1 aliphatic rings. The van der Waals surface area contributed by atoms with Gasteiger partial charge >= 0.3 is 0 Å². The first-order chi connectivity index (χ1) is 11.7. The fraction of sp³-hybridized carbons (Fsp3) is 0.667. The number of aliphatic hydroxyl groups is 1. The first-order valence-electron chi connectivity index (χ1n) is 9.36. The van der Waals surface area contributed by atoms with Crippen LogP contribution in [-0.2, 0) is 16.8 Å².